The SMILES string of the molecule is CCCC(Oc1ccc(I)cc1)c1ccc(Br)cn1. The van der Waals surface area contributed by atoms with Crippen molar-refractivity contribution in [2.45, 2.75) is 25.9 Å². The van der Waals surface area contributed by atoms with E-state index in [0.717, 1.165) is 28.8 Å². The fourth-order valence-corrected chi connectivity index (χ4v) is 2.38. The highest BCUT2D eigenvalue weighted by atomic mass is 127. The lowest BCUT2D eigenvalue weighted by molar-refractivity contribution is 0.189. The molecule has 0 saturated carbocycles. The van der Waals surface area contributed by atoms with Gasteiger partial charge in [-0.2, -0.15) is 0 Å². The molecule has 1 aromatic carbocycles. The minimum absolute atomic E-state index is 0.0122. The quantitative estimate of drug-likeness (QED) is 0.593. The largest absolute Gasteiger partial charge is 0.484 e. The zero-order valence-electron chi connectivity index (χ0n) is 10.6. The van der Waals surface area contributed by atoms with Gasteiger partial charge in [-0.1, -0.05) is 13.3 Å². The molecule has 1 unspecified atom stereocenters. The first-order chi connectivity index (χ1) is 9.19. The van der Waals surface area contributed by atoms with Gasteiger partial charge in [0.1, 0.15) is 11.9 Å². The molecular weight excluding hydrogens is 417 g/mol. The molecule has 0 radical (unpaired) electrons. The predicted octanol–water partition coefficient (Wildman–Crippen LogP) is 5.37. The first-order valence-corrected chi connectivity index (χ1v) is 8.10. The van der Waals surface area contributed by atoms with E-state index in [1.165, 1.54) is 3.57 Å². The highest BCUT2D eigenvalue weighted by Crippen LogP contribution is 2.26. The number of hydrogen-bond donors (Lipinski definition) is 0. The lowest BCUT2D eigenvalue weighted by Gasteiger charge is -2.18. The number of rotatable bonds is 5. The lowest BCUT2D eigenvalue weighted by atomic mass is 10.1. The van der Waals surface area contributed by atoms with E-state index < -0.39 is 0 Å². The first-order valence-electron chi connectivity index (χ1n) is 6.22. The second kappa shape index (κ2) is 7.24. The highest BCUT2D eigenvalue weighted by molar-refractivity contribution is 14.1. The summed E-state index contributed by atoms with van der Waals surface area (Å²) in [6.07, 6.45) is 3.85. The van der Waals surface area contributed by atoms with E-state index in [0.29, 0.717) is 0 Å². The van der Waals surface area contributed by atoms with Crippen LogP contribution in [0.5, 0.6) is 5.75 Å². The fraction of sp³-hybridized carbons (Fsp3) is 0.267. The summed E-state index contributed by atoms with van der Waals surface area (Å²) in [6, 6.07) is 12.1. The summed E-state index contributed by atoms with van der Waals surface area (Å²) in [7, 11) is 0. The van der Waals surface area contributed by atoms with E-state index in [2.05, 4.69) is 50.4 Å². The maximum atomic E-state index is 6.05. The van der Waals surface area contributed by atoms with Crippen LogP contribution in [0.2, 0.25) is 0 Å². The topological polar surface area (TPSA) is 22.1 Å². The molecule has 19 heavy (non-hydrogen) atoms. The number of halogens is 2. The Hall–Kier alpha value is -0.620. The van der Waals surface area contributed by atoms with Crippen LogP contribution < -0.4 is 4.74 Å². The third-order valence-electron chi connectivity index (χ3n) is 2.72. The number of aromatic nitrogens is 1. The molecule has 0 spiro atoms. The maximum Gasteiger partial charge on any atom is 0.140 e. The van der Waals surface area contributed by atoms with Crippen molar-refractivity contribution in [2.24, 2.45) is 0 Å². The summed E-state index contributed by atoms with van der Waals surface area (Å²) < 4.78 is 8.25. The Morgan fingerprint density at radius 1 is 1.21 bits per heavy atom. The Bertz CT molecular complexity index is 513. The molecule has 2 aromatic rings. The molecule has 0 bridgehead atoms. The van der Waals surface area contributed by atoms with Crippen LogP contribution >= 0.6 is 38.5 Å². The maximum absolute atomic E-state index is 6.05. The second-order valence-electron chi connectivity index (χ2n) is 4.25. The molecule has 0 amide bonds. The summed E-state index contributed by atoms with van der Waals surface area (Å²) in [5.74, 6) is 0.892. The molecule has 4 heteroatoms. The van der Waals surface area contributed by atoms with E-state index in [1.54, 1.807) is 0 Å². The van der Waals surface area contributed by atoms with Crippen molar-refractivity contribution in [3.8, 4) is 5.75 Å². The van der Waals surface area contributed by atoms with Crippen molar-refractivity contribution in [1.82, 2.24) is 4.98 Å². The van der Waals surface area contributed by atoms with E-state index >= 15 is 0 Å². The third kappa shape index (κ3) is 4.45. The molecule has 2 rings (SSSR count). The predicted molar refractivity (Wildman–Crippen MR) is 89.4 cm³/mol. The van der Waals surface area contributed by atoms with Gasteiger partial charge in [0.25, 0.3) is 0 Å². The van der Waals surface area contributed by atoms with E-state index in [4.69, 9.17) is 4.74 Å². The number of nitrogens with zero attached hydrogens (tertiary/aromatic N) is 1. The molecule has 2 nitrogen and oxygen atoms in total. The number of hydrogen-bond acceptors (Lipinski definition) is 2. The Morgan fingerprint density at radius 3 is 2.53 bits per heavy atom. The van der Waals surface area contributed by atoms with Crippen molar-refractivity contribution in [3.63, 3.8) is 0 Å². The van der Waals surface area contributed by atoms with Gasteiger partial charge in [0.15, 0.2) is 0 Å². The summed E-state index contributed by atoms with van der Waals surface area (Å²) in [4.78, 5) is 4.44. The molecule has 1 aromatic heterocycles. The van der Waals surface area contributed by atoms with Crippen LogP contribution in [-0.4, -0.2) is 4.98 Å². The minimum Gasteiger partial charge on any atom is -0.484 e. The van der Waals surface area contributed by atoms with Gasteiger partial charge in [-0.25, -0.2) is 0 Å². The van der Waals surface area contributed by atoms with Crippen LogP contribution in [0.4, 0.5) is 0 Å². The van der Waals surface area contributed by atoms with Gasteiger partial charge in [0, 0.05) is 14.2 Å². The van der Waals surface area contributed by atoms with Crippen LogP contribution in [0.25, 0.3) is 0 Å². The lowest BCUT2D eigenvalue weighted by Crippen LogP contribution is -2.09. The second-order valence-corrected chi connectivity index (χ2v) is 6.41. The summed E-state index contributed by atoms with van der Waals surface area (Å²) >= 11 is 5.69. The van der Waals surface area contributed by atoms with Crippen molar-refractivity contribution < 1.29 is 4.74 Å². The van der Waals surface area contributed by atoms with Crippen LogP contribution in [0.15, 0.2) is 47.1 Å². The average Bonchev–Trinajstić information content (AvgIpc) is 2.42. The molecule has 100 valence electrons. The summed E-state index contributed by atoms with van der Waals surface area (Å²) in [5.41, 5.74) is 0.976. The molecule has 0 fully saturated rings. The Labute approximate surface area is 135 Å². The normalized spacial score (nSPS) is 12.2. The van der Waals surface area contributed by atoms with Gasteiger partial charge in [0.2, 0.25) is 0 Å². The minimum atomic E-state index is 0.0122. The molecule has 0 aliphatic carbocycles. The molecule has 0 aliphatic rings. The third-order valence-corrected chi connectivity index (χ3v) is 3.91. The smallest absolute Gasteiger partial charge is 0.140 e. The molecule has 1 atom stereocenters. The molecular formula is C15H15BrINO. The zero-order valence-corrected chi connectivity index (χ0v) is 14.4. The van der Waals surface area contributed by atoms with E-state index in [9.17, 15) is 0 Å². The average molecular weight is 432 g/mol. The molecule has 0 saturated heterocycles. The summed E-state index contributed by atoms with van der Waals surface area (Å²) in [5, 5.41) is 0. The monoisotopic (exact) mass is 431 g/mol. The first kappa shape index (κ1) is 14.8. The van der Waals surface area contributed by atoms with Crippen LogP contribution in [0.3, 0.4) is 0 Å². The van der Waals surface area contributed by atoms with E-state index in [-0.39, 0.29) is 6.10 Å². The van der Waals surface area contributed by atoms with Crippen LogP contribution in [0, 0.1) is 3.57 Å². The van der Waals surface area contributed by atoms with Gasteiger partial charge >= 0.3 is 0 Å². The number of ether oxygens (including phenoxy) is 1. The Kier molecular flexibility index (Phi) is 5.63. The fourth-order valence-electron chi connectivity index (χ4n) is 1.78. The molecule has 0 N–H and O–H groups in total. The van der Waals surface area contributed by atoms with Crippen LogP contribution in [0.1, 0.15) is 31.6 Å². The van der Waals surface area contributed by atoms with Gasteiger partial charge in [-0.15, -0.1) is 0 Å². The van der Waals surface area contributed by atoms with E-state index in [1.807, 2.05) is 42.6 Å². The standard InChI is InChI=1S/C15H15BrINO/c1-2-3-15(14-9-4-11(16)10-18-14)19-13-7-5-12(17)6-8-13/h4-10,15H,2-3H2,1H3. The van der Waals surface area contributed by atoms with Gasteiger partial charge in [-0.3, -0.25) is 4.98 Å². The highest BCUT2D eigenvalue weighted by Gasteiger charge is 2.13. The zero-order chi connectivity index (χ0) is 13.7. The van der Waals surface area contributed by atoms with Crippen molar-refractivity contribution in [2.75, 3.05) is 0 Å². The van der Waals surface area contributed by atoms with Crippen molar-refractivity contribution in [3.05, 3.63) is 56.3 Å². The van der Waals surface area contributed by atoms with Crippen LogP contribution in [-0.2, 0) is 0 Å². The summed E-state index contributed by atoms with van der Waals surface area (Å²) in [6.45, 7) is 2.16. The number of pyridine rings is 1. The van der Waals surface area contributed by atoms with Crippen molar-refractivity contribution in [1.29, 1.82) is 0 Å². The number of benzene rings is 1. The Morgan fingerprint density at radius 2 is 1.95 bits per heavy atom. The van der Waals surface area contributed by atoms with Gasteiger partial charge in [-0.05, 0) is 81.3 Å². The van der Waals surface area contributed by atoms with Crippen molar-refractivity contribution >= 4 is 38.5 Å². The van der Waals surface area contributed by atoms with Gasteiger partial charge in [0.05, 0.1) is 5.69 Å². The molecule has 1 heterocycles. The molecule has 0 aliphatic heterocycles. The Balaban J connectivity index is 2.15. The van der Waals surface area contributed by atoms with Gasteiger partial charge < -0.3 is 4.74 Å².